The van der Waals surface area contributed by atoms with Crippen LogP contribution in [0.2, 0.25) is 0 Å². The SMILES string of the molecule is O=C(NCc1nnc2ccc(C(F)(F)F)cn12)c1cccc(OCC2CCCO2)c1. The highest BCUT2D eigenvalue weighted by molar-refractivity contribution is 5.94. The Morgan fingerprint density at radius 1 is 1.27 bits per heavy atom. The van der Waals surface area contributed by atoms with E-state index >= 15 is 0 Å². The largest absolute Gasteiger partial charge is 0.491 e. The summed E-state index contributed by atoms with van der Waals surface area (Å²) in [6.45, 7) is 1.07. The van der Waals surface area contributed by atoms with Gasteiger partial charge in [-0.1, -0.05) is 6.07 Å². The zero-order valence-corrected chi connectivity index (χ0v) is 15.9. The number of ether oxygens (including phenoxy) is 2. The Balaban J connectivity index is 1.41. The van der Waals surface area contributed by atoms with Crippen LogP contribution >= 0.6 is 0 Å². The Kier molecular flexibility index (Phi) is 5.58. The molecule has 30 heavy (non-hydrogen) atoms. The van der Waals surface area contributed by atoms with Gasteiger partial charge in [-0.25, -0.2) is 0 Å². The van der Waals surface area contributed by atoms with Crippen LogP contribution in [0.3, 0.4) is 0 Å². The molecule has 2 aromatic heterocycles. The minimum absolute atomic E-state index is 0.0605. The van der Waals surface area contributed by atoms with E-state index in [-0.39, 0.29) is 24.1 Å². The number of carbonyl (C=O) groups excluding carboxylic acids is 1. The van der Waals surface area contributed by atoms with E-state index in [1.54, 1.807) is 24.3 Å². The van der Waals surface area contributed by atoms with Crippen LogP contribution in [0.1, 0.15) is 34.6 Å². The van der Waals surface area contributed by atoms with E-state index in [0.29, 0.717) is 17.9 Å². The third kappa shape index (κ3) is 4.54. The van der Waals surface area contributed by atoms with E-state index in [1.165, 1.54) is 10.5 Å². The number of benzene rings is 1. The fourth-order valence-electron chi connectivity index (χ4n) is 3.18. The summed E-state index contributed by atoms with van der Waals surface area (Å²) >= 11 is 0. The maximum absolute atomic E-state index is 12.9. The van der Waals surface area contributed by atoms with Gasteiger partial charge < -0.3 is 14.8 Å². The van der Waals surface area contributed by atoms with Crippen molar-refractivity contribution in [1.82, 2.24) is 19.9 Å². The second-order valence-corrected chi connectivity index (χ2v) is 6.92. The van der Waals surface area contributed by atoms with Crippen molar-refractivity contribution < 1.29 is 27.4 Å². The maximum atomic E-state index is 12.9. The summed E-state index contributed by atoms with van der Waals surface area (Å²) in [6, 6.07) is 8.84. The lowest BCUT2D eigenvalue weighted by Crippen LogP contribution is -2.24. The van der Waals surface area contributed by atoms with E-state index in [9.17, 15) is 18.0 Å². The molecule has 10 heteroatoms. The molecular weight excluding hydrogens is 401 g/mol. The lowest BCUT2D eigenvalue weighted by molar-refractivity contribution is -0.137. The van der Waals surface area contributed by atoms with Crippen LogP contribution in [0.15, 0.2) is 42.6 Å². The van der Waals surface area contributed by atoms with Crippen molar-refractivity contribution in [2.75, 3.05) is 13.2 Å². The third-order valence-corrected chi connectivity index (χ3v) is 4.76. The Morgan fingerprint density at radius 2 is 2.13 bits per heavy atom. The third-order valence-electron chi connectivity index (χ3n) is 4.76. The zero-order valence-electron chi connectivity index (χ0n) is 15.9. The van der Waals surface area contributed by atoms with Crippen LogP contribution in [0, 0.1) is 0 Å². The quantitative estimate of drug-likeness (QED) is 0.663. The Labute approximate surface area is 169 Å². The van der Waals surface area contributed by atoms with Gasteiger partial charge in [-0.05, 0) is 43.2 Å². The summed E-state index contributed by atoms with van der Waals surface area (Å²) in [5.74, 6) is 0.331. The van der Waals surface area contributed by atoms with Crippen molar-refractivity contribution in [1.29, 1.82) is 0 Å². The molecule has 0 radical (unpaired) electrons. The standard InChI is InChI=1S/C20H19F3N4O3/c21-20(22,23)14-6-7-17-25-26-18(27(17)11-14)10-24-19(28)13-3-1-4-15(9-13)30-12-16-5-2-8-29-16/h1,3-4,6-7,9,11,16H,2,5,8,10,12H2,(H,24,28). The molecule has 1 N–H and O–H groups in total. The van der Waals surface area contributed by atoms with Crippen molar-refractivity contribution in [3.05, 3.63) is 59.5 Å². The van der Waals surface area contributed by atoms with E-state index < -0.39 is 17.6 Å². The first-order chi connectivity index (χ1) is 14.4. The first-order valence-corrected chi connectivity index (χ1v) is 9.44. The number of halogens is 3. The van der Waals surface area contributed by atoms with Gasteiger partial charge in [0.15, 0.2) is 11.5 Å². The average Bonchev–Trinajstić information content (AvgIpc) is 3.39. The van der Waals surface area contributed by atoms with Gasteiger partial charge in [-0.15, -0.1) is 10.2 Å². The summed E-state index contributed by atoms with van der Waals surface area (Å²) in [5.41, 5.74) is -0.195. The van der Waals surface area contributed by atoms with E-state index in [4.69, 9.17) is 9.47 Å². The topological polar surface area (TPSA) is 77.8 Å². The van der Waals surface area contributed by atoms with Crippen LogP contribution in [-0.2, 0) is 17.5 Å². The summed E-state index contributed by atoms with van der Waals surface area (Å²) in [6.07, 6.45) is -1.55. The van der Waals surface area contributed by atoms with Gasteiger partial charge in [-0.3, -0.25) is 9.20 Å². The normalized spacial score (nSPS) is 16.7. The monoisotopic (exact) mass is 420 g/mol. The minimum Gasteiger partial charge on any atom is -0.491 e. The predicted molar refractivity (Wildman–Crippen MR) is 100 cm³/mol. The molecule has 7 nitrogen and oxygen atoms in total. The minimum atomic E-state index is -4.48. The number of pyridine rings is 1. The maximum Gasteiger partial charge on any atom is 0.417 e. The Morgan fingerprint density at radius 3 is 2.90 bits per heavy atom. The van der Waals surface area contributed by atoms with Gasteiger partial charge in [0.05, 0.1) is 18.2 Å². The lowest BCUT2D eigenvalue weighted by atomic mass is 10.2. The molecule has 1 saturated heterocycles. The molecule has 158 valence electrons. The molecule has 0 saturated carbocycles. The molecule has 1 unspecified atom stereocenters. The molecule has 0 bridgehead atoms. The molecule has 1 atom stereocenters. The van der Waals surface area contributed by atoms with Crippen LogP contribution < -0.4 is 10.1 Å². The first-order valence-electron chi connectivity index (χ1n) is 9.44. The lowest BCUT2D eigenvalue weighted by Gasteiger charge is -2.12. The van der Waals surface area contributed by atoms with Crippen molar-refractivity contribution in [2.45, 2.75) is 31.7 Å². The summed E-state index contributed by atoms with van der Waals surface area (Å²) in [4.78, 5) is 12.5. The fraction of sp³-hybridized carbons (Fsp3) is 0.350. The van der Waals surface area contributed by atoms with Gasteiger partial charge in [0.1, 0.15) is 12.4 Å². The first kappa shape index (κ1) is 20.1. The number of nitrogens with zero attached hydrogens (tertiary/aromatic N) is 3. The van der Waals surface area contributed by atoms with Crippen LogP contribution in [0.25, 0.3) is 5.65 Å². The number of alkyl halides is 3. The number of nitrogens with one attached hydrogen (secondary N) is 1. The smallest absolute Gasteiger partial charge is 0.417 e. The highest BCUT2D eigenvalue weighted by atomic mass is 19.4. The number of amides is 1. The molecule has 1 amide bonds. The highest BCUT2D eigenvalue weighted by Gasteiger charge is 2.31. The Hall–Kier alpha value is -3.14. The summed E-state index contributed by atoms with van der Waals surface area (Å²) < 4.78 is 51.3. The molecule has 1 fully saturated rings. The predicted octanol–water partition coefficient (Wildman–Crippen LogP) is 3.24. The van der Waals surface area contributed by atoms with Gasteiger partial charge in [0.2, 0.25) is 0 Å². The van der Waals surface area contributed by atoms with Gasteiger partial charge in [0.25, 0.3) is 5.91 Å². The van der Waals surface area contributed by atoms with Crippen molar-refractivity contribution in [3.63, 3.8) is 0 Å². The summed E-state index contributed by atoms with van der Waals surface area (Å²) in [5, 5.41) is 10.4. The average molecular weight is 420 g/mol. The number of aromatic nitrogens is 3. The van der Waals surface area contributed by atoms with Crippen molar-refractivity contribution >= 4 is 11.6 Å². The van der Waals surface area contributed by atoms with Crippen LogP contribution in [-0.4, -0.2) is 39.8 Å². The van der Waals surface area contributed by atoms with Crippen LogP contribution in [0.5, 0.6) is 5.75 Å². The van der Waals surface area contributed by atoms with E-state index in [0.717, 1.165) is 31.7 Å². The fourth-order valence-corrected chi connectivity index (χ4v) is 3.18. The molecule has 1 aliphatic heterocycles. The van der Waals surface area contributed by atoms with Gasteiger partial charge in [-0.2, -0.15) is 13.2 Å². The second kappa shape index (κ2) is 8.31. The zero-order chi connectivity index (χ0) is 21.1. The Bertz CT molecular complexity index is 1050. The molecule has 3 heterocycles. The van der Waals surface area contributed by atoms with E-state index in [1.807, 2.05) is 0 Å². The number of rotatable bonds is 6. The van der Waals surface area contributed by atoms with Crippen LogP contribution in [0.4, 0.5) is 13.2 Å². The number of carbonyl (C=O) groups is 1. The molecule has 0 spiro atoms. The molecular formula is C20H19F3N4O3. The van der Waals surface area contributed by atoms with Crippen molar-refractivity contribution in [2.24, 2.45) is 0 Å². The van der Waals surface area contributed by atoms with Gasteiger partial charge >= 0.3 is 6.18 Å². The van der Waals surface area contributed by atoms with Crippen molar-refractivity contribution in [3.8, 4) is 5.75 Å². The number of fused-ring (bicyclic) bond motifs is 1. The molecule has 3 aromatic rings. The number of hydrogen-bond donors (Lipinski definition) is 1. The second-order valence-electron chi connectivity index (χ2n) is 6.92. The molecule has 0 aliphatic carbocycles. The molecule has 1 aromatic carbocycles. The van der Waals surface area contributed by atoms with E-state index in [2.05, 4.69) is 15.5 Å². The summed E-state index contributed by atoms with van der Waals surface area (Å²) in [7, 11) is 0. The number of hydrogen-bond acceptors (Lipinski definition) is 5. The highest BCUT2D eigenvalue weighted by Crippen LogP contribution is 2.29. The molecule has 4 rings (SSSR count). The van der Waals surface area contributed by atoms with Gasteiger partial charge in [0, 0.05) is 18.4 Å². The molecule has 1 aliphatic rings.